The maximum absolute atomic E-state index is 4.50. The molecule has 0 aromatic carbocycles. The van der Waals surface area contributed by atoms with E-state index in [-0.39, 0.29) is 6.04 Å². The van der Waals surface area contributed by atoms with Crippen LogP contribution in [0.2, 0.25) is 0 Å². The summed E-state index contributed by atoms with van der Waals surface area (Å²) in [6.45, 7) is 7.16. The fourth-order valence-corrected chi connectivity index (χ4v) is 3.06. The number of aromatic nitrogens is 4. The zero-order chi connectivity index (χ0) is 13.1. The van der Waals surface area contributed by atoms with E-state index >= 15 is 0 Å². The normalized spacial score (nSPS) is 12.9. The summed E-state index contributed by atoms with van der Waals surface area (Å²) in [5.41, 5.74) is 1.12. The average molecular weight is 265 g/mol. The van der Waals surface area contributed by atoms with Crippen LogP contribution in [0.3, 0.4) is 0 Å². The number of nitrogens with zero attached hydrogens (tertiary/aromatic N) is 4. The summed E-state index contributed by atoms with van der Waals surface area (Å²) in [5, 5.41) is 8.74. The first-order valence-electron chi connectivity index (χ1n) is 6.12. The van der Waals surface area contributed by atoms with Gasteiger partial charge in [-0.2, -0.15) is 5.10 Å². The Bertz CT molecular complexity index is 516. The quantitative estimate of drug-likeness (QED) is 0.895. The van der Waals surface area contributed by atoms with Crippen LogP contribution in [0.15, 0.2) is 6.33 Å². The Labute approximate surface area is 111 Å². The molecule has 1 N–H and O–H groups in total. The smallest absolute Gasteiger partial charge is 0.138 e. The van der Waals surface area contributed by atoms with Gasteiger partial charge in [-0.15, -0.1) is 11.3 Å². The number of hydrogen-bond acceptors (Lipinski definition) is 5. The maximum Gasteiger partial charge on any atom is 0.138 e. The predicted molar refractivity (Wildman–Crippen MR) is 72.7 cm³/mol. The Morgan fingerprint density at radius 2 is 2.22 bits per heavy atom. The third kappa shape index (κ3) is 2.76. The van der Waals surface area contributed by atoms with Crippen molar-refractivity contribution in [1.82, 2.24) is 25.1 Å². The first-order valence-corrected chi connectivity index (χ1v) is 6.93. The molecule has 2 rings (SSSR count). The molecule has 0 saturated carbocycles. The molecule has 0 saturated heterocycles. The summed E-state index contributed by atoms with van der Waals surface area (Å²) in [7, 11) is 1.93. The largest absolute Gasteiger partial charge is 0.309 e. The van der Waals surface area contributed by atoms with Crippen molar-refractivity contribution >= 4 is 11.3 Å². The summed E-state index contributed by atoms with van der Waals surface area (Å²) in [4.78, 5) is 10.1. The third-order valence-electron chi connectivity index (χ3n) is 2.90. The highest BCUT2D eigenvalue weighted by atomic mass is 32.1. The van der Waals surface area contributed by atoms with Crippen LogP contribution in [-0.2, 0) is 13.5 Å². The highest BCUT2D eigenvalue weighted by molar-refractivity contribution is 7.11. The fraction of sp³-hybridized carbons (Fsp3) is 0.583. The average Bonchev–Trinajstić information content (AvgIpc) is 2.85. The van der Waals surface area contributed by atoms with E-state index in [1.165, 1.54) is 4.88 Å². The Morgan fingerprint density at radius 3 is 2.72 bits per heavy atom. The standard InChI is InChI=1S/C12H19N5S/c1-5-13-10(6-11-14-7-15-17(11)4)12-8(2)16-9(3)18-12/h7,10,13H,5-6H2,1-4H3. The van der Waals surface area contributed by atoms with E-state index in [1.54, 1.807) is 17.7 Å². The van der Waals surface area contributed by atoms with Crippen LogP contribution < -0.4 is 5.32 Å². The molecule has 2 aromatic heterocycles. The predicted octanol–water partition coefficient (Wildman–Crippen LogP) is 1.78. The summed E-state index contributed by atoms with van der Waals surface area (Å²) in [6, 6.07) is 0.268. The molecule has 98 valence electrons. The van der Waals surface area contributed by atoms with Gasteiger partial charge >= 0.3 is 0 Å². The van der Waals surface area contributed by atoms with Crippen LogP contribution in [0.1, 0.15) is 34.4 Å². The molecular formula is C12H19N5S. The molecule has 1 atom stereocenters. The first-order chi connectivity index (χ1) is 8.61. The van der Waals surface area contributed by atoms with E-state index in [4.69, 9.17) is 0 Å². The van der Waals surface area contributed by atoms with Gasteiger partial charge in [-0.1, -0.05) is 6.92 Å². The molecule has 0 spiro atoms. The lowest BCUT2D eigenvalue weighted by Crippen LogP contribution is -2.24. The molecule has 5 nitrogen and oxygen atoms in total. The summed E-state index contributed by atoms with van der Waals surface area (Å²) < 4.78 is 1.83. The zero-order valence-electron chi connectivity index (χ0n) is 11.3. The molecule has 0 bridgehead atoms. The minimum atomic E-state index is 0.268. The Kier molecular flexibility index (Phi) is 4.08. The Balaban J connectivity index is 2.23. The molecule has 2 heterocycles. The number of hydrogen-bond donors (Lipinski definition) is 1. The van der Waals surface area contributed by atoms with Gasteiger partial charge in [-0.3, -0.25) is 4.68 Å². The number of rotatable bonds is 5. The van der Waals surface area contributed by atoms with Gasteiger partial charge in [0.2, 0.25) is 0 Å². The van der Waals surface area contributed by atoms with Crippen molar-refractivity contribution in [3.63, 3.8) is 0 Å². The third-order valence-corrected chi connectivity index (χ3v) is 4.08. The molecule has 0 radical (unpaired) electrons. The van der Waals surface area contributed by atoms with Crippen LogP contribution in [0.4, 0.5) is 0 Å². The second kappa shape index (κ2) is 5.58. The van der Waals surface area contributed by atoms with Gasteiger partial charge < -0.3 is 5.32 Å². The molecule has 0 aliphatic carbocycles. The van der Waals surface area contributed by atoms with Crippen LogP contribution in [0.5, 0.6) is 0 Å². The van der Waals surface area contributed by atoms with Crippen molar-refractivity contribution in [1.29, 1.82) is 0 Å². The highest BCUT2D eigenvalue weighted by Gasteiger charge is 2.19. The van der Waals surface area contributed by atoms with Crippen LogP contribution in [-0.4, -0.2) is 26.3 Å². The van der Waals surface area contributed by atoms with Gasteiger partial charge in [-0.25, -0.2) is 9.97 Å². The number of likely N-dealkylation sites (N-methyl/N-ethyl adjacent to an activating group) is 1. The first kappa shape index (κ1) is 13.2. The van der Waals surface area contributed by atoms with E-state index in [0.29, 0.717) is 0 Å². The minimum absolute atomic E-state index is 0.268. The van der Waals surface area contributed by atoms with Gasteiger partial charge in [0.15, 0.2) is 0 Å². The van der Waals surface area contributed by atoms with Crippen LogP contribution in [0.25, 0.3) is 0 Å². The molecule has 1 unspecified atom stereocenters. The molecular weight excluding hydrogens is 246 g/mol. The Morgan fingerprint density at radius 1 is 1.44 bits per heavy atom. The molecule has 0 aliphatic heterocycles. The molecule has 2 aromatic rings. The summed E-state index contributed by atoms with van der Waals surface area (Å²) in [5.74, 6) is 0.992. The van der Waals surface area contributed by atoms with E-state index in [9.17, 15) is 0 Å². The monoisotopic (exact) mass is 265 g/mol. The lowest BCUT2D eigenvalue weighted by molar-refractivity contribution is 0.526. The summed E-state index contributed by atoms with van der Waals surface area (Å²) >= 11 is 1.76. The van der Waals surface area contributed by atoms with E-state index in [0.717, 1.165) is 29.5 Å². The van der Waals surface area contributed by atoms with Crippen molar-refractivity contribution in [2.75, 3.05) is 6.54 Å². The number of thiazole rings is 1. The second-order valence-electron chi connectivity index (χ2n) is 4.30. The number of nitrogens with one attached hydrogen (secondary N) is 1. The van der Waals surface area contributed by atoms with Crippen LogP contribution >= 0.6 is 11.3 Å². The van der Waals surface area contributed by atoms with E-state index in [2.05, 4.69) is 34.2 Å². The maximum atomic E-state index is 4.50. The molecule has 18 heavy (non-hydrogen) atoms. The van der Waals surface area contributed by atoms with Crippen molar-refractivity contribution in [2.24, 2.45) is 7.05 Å². The fourth-order valence-electron chi connectivity index (χ4n) is 2.06. The lowest BCUT2D eigenvalue weighted by atomic mass is 10.1. The van der Waals surface area contributed by atoms with Crippen molar-refractivity contribution in [3.05, 3.63) is 27.7 Å². The molecule has 0 aliphatic rings. The van der Waals surface area contributed by atoms with Crippen molar-refractivity contribution in [2.45, 2.75) is 33.2 Å². The van der Waals surface area contributed by atoms with Crippen molar-refractivity contribution in [3.8, 4) is 0 Å². The molecule has 0 amide bonds. The second-order valence-corrected chi connectivity index (χ2v) is 5.53. The summed E-state index contributed by atoms with van der Waals surface area (Å²) in [6.07, 6.45) is 2.44. The van der Waals surface area contributed by atoms with E-state index in [1.807, 2.05) is 18.7 Å². The minimum Gasteiger partial charge on any atom is -0.309 e. The van der Waals surface area contributed by atoms with Crippen molar-refractivity contribution < 1.29 is 0 Å². The molecule has 0 fully saturated rings. The topological polar surface area (TPSA) is 55.6 Å². The molecule has 6 heteroatoms. The van der Waals surface area contributed by atoms with E-state index < -0.39 is 0 Å². The lowest BCUT2D eigenvalue weighted by Gasteiger charge is -2.16. The van der Waals surface area contributed by atoms with Gasteiger partial charge in [0.25, 0.3) is 0 Å². The SMILES string of the molecule is CCNC(Cc1ncnn1C)c1sc(C)nc1C. The highest BCUT2D eigenvalue weighted by Crippen LogP contribution is 2.26. The number of aryl methyl sites for hydroxylation is 3. The van der Waals surface area contributed by atoms with Crippen LogP contribution in [0, 0.1) is 13.8 Å². The van der Waals surface area contributed by atoms with Gasteiger partial charge in [0.1, 0.15) is 12.2 Å². The van der Waals surface area contributed by atoms with Gasteiger partial charge in [0, 0.05) is 18.3 Å². The Hall–Kier alpha value is -1.27. The van der Waals surface area contributed by atoms with Gasteiger partial charge in [0.05, 0.1) is 16.7 Å². The van der Waals surface area contributed by atoms with Gasteiger partial charge in [-0.05, 0) is 20.4 Å². The zero-order valence-corrected chi connectivity index (χ0v) is 12.1.